The number of hydrogen-bond donors (Lipinski definition) is 2. The van der Waals surface area contributed by atoms with Crippen LogP contribution in [0.25, 0.3) is 0 Å². The Morgan fingerprint density at radius 1 is 1.35 bits per heavy atom. The van der Waals surface area contributed by atoms with Crippen LogP contribution in [0.15, 0.2) is 36.7 Å². The molecule has 1 unspecified atom stereocenters. The molecular formula is C13H16N2O2. The van der Waals surface area contributed by atoms with Crippen molar-refractivity contribution in [2.24, 2.45) is 0 Å². The summed E-state index contributed by atoms with van der Waals surface area (Å²) < 4.78 is 5.10. The molecule has 1 aromatic carbocycles. The first-order chi connectivity index (χ1) is 8.20. The zero-order valence-corrected chi connectivity index (χ0v) is 9.97. The van der Waals surface area contributed by atoms with Crippen LogP contribution in [0.2, 0.25) is 0 Å². The van der Waals surface area contributed by atoms with Gasteiger partial charge in [-0.15, -0.1) is 0 Å². The fourth-order valence-corrected chi connectivity index (χ4v) is 1.87. The molecule has 0 amide bonds. The number of aromatic amines is 1. The normalized spacial score (nSPS) is 14.3. The minimum atomic E-state index is -1.07. The van der Waals surface area contributed by atoms with Crippen LogP contribution < -0.4 is 4.74 Å². The number of ether oxygens (including phenoxy) is 1. The van der Waals surface area contributed by atoms with E-state index >= 15 is 0 Å². The topological polar surface area (TPSA) is 58.1 Å². The van der Waals surface area contributed by atoms with Crippen LogP contribution in [0.4, 0.5) is 0 Å². The summed E-state index contributed by atoms with van der Waals surface area (Å²) in [7, 11) is 1.62. The van der Waals surface area contributed by atoms with E-state index in [1.807, 2.05) is 31.2 Å². The van der Waals surface area contributed by atoms with Gasteiger partial charge in [0.25, 0.3) is 0 Å². The van der Waals surface area contributed by atoms with Gasteiger partial charge in [-0.25, -0.2) is 4.98 Å². The van der Waals surface area contributed by atoms with Crippen molar-refractivity contribution < 1.29 is 9.84 Å². The molecule has 0 fully saturated rings. The molecule has 2 rings (SSSR count). The molecule has 0 aliphatic heterocycles. The molecular weight excluding hydrogens is 216 g/mol. The highest BCUT2D eigenvalue weighted by molar-refractivity contribution is 5.34. The molecule has 2 aromatic rings. The van der Waals surface area contributed by atoms with Crippen molar-refractivity contribution in [3.05, 3.63) is 48.0 Å². The summed E-state index contributed by atoms with van der Waals surface area (Å²) >= 11 is 0. The van der Waals surface area contributed by atoms with E-state index in [9.17, 15) is 5.11 Å². The van der Waals surface area contributed by atoms with Crippen molar-refractivity contribution in [2.75, 3.05) is 7.11 Å². The molecule has 1 heterocycles. The maximum Gasteiger partial charge on any atom is 0.147 e. The van der Waals surface area contributed by atoms with E-state index in [-0.39, 0.29) is 0 Å². The van der Waals surface area contributed by atoms with E-state index in [1.165, 1.54) is 0 Å². The molecule has 4 nitrogen and oxygen atoms in total. The molecule has 90 valence electrons. The zero-order valence-electron chi connectivity index (χ0n) is 9.97. The first-order valence-electron chi connectivity index (χ1n) is 5.57. The van der Waals surface area contributed by atoms with Crippen LogP contribution in [0.3, 0.4) is 0 Å². The van der Waals surface area contributed by atoms with Crippen LogP contribution in [0, 0.1) is 0 Å². The molecule has 0 saturated heterocycles. The standard InChI is InChI=1S/C13H16N2O2/c1-3-13(16,12-14-8-9-15-12)10-4-6-11(17-2)7-5-10/h4-9,16H,3H2,1-2H3,(H,14,15). The summed E-state index contributed by atoms with van der Waals surface area (Å²) in [5, 5.41) is 10.7. The SMILES string of the molecule is CCC(O)(c1ccc(OC)cc1)c1ncc[nH]1. The predicted molar refractivity (Wildman–Crippen MR) is 64.9 cm³/mol. The summed E-state index contributed by atoms with van der Waals surface area (Å²) in [6.45, 7) is 1.92. The fraction of sp³-hybridized carbons (Fsp3) is 0.308. The van der Waals surface area contributed by atoms with E-state index in [0.717, 1.165) is 11.3 Å². The first kappa shape index (κ1) is 11.7. The predicted octanol–water partition coefficient (Wildman–Crippen LogP) is 2.06. The number of H-pyrrole nitrogens is 1. The number of rotatable bonds is 4. The van der Waals surface area contributed by atoms with Gasteiger partial charge in [0.15, 0.2) is 0 Å². The highest BCUT2D eigenvalue weighted by Crippen LogP contribution is 2.31. The van der Waals surface area contributed by atoms with Crippen LogP contribution in [0.5, 0.6) is 5.75 Å². The van der Waals surface area contributed by atoms with E-state index in [1.54, 1.807) is 19.5 Å². The Balaban J connectivity index is 2.40. The lowest BCUT2D eigenvalue weighted by Gasteiger charge is -2.25. The van der Waals surface area contributed by atoms with E-state index in [4.69, 9.17) is 4.74 Å². The lowest BCUT2D eigenvalue weighted by Crippen LogP contribution is -2.27. The maximum absolute atomic E-state index is 10.7. The summed E-state index contributed by atoms with van der Waals surface area (Å²) in [6, 6.07) is 7.37. The average Bonchev–Trinajstić information content (AvgIpc) is 2.92. The van der Waals surface area contributed by atoms with Crippen molar-refractivity contribution in [1.29, 1.82) is 0 Å². The Bertz CT molecular complexity index is 465. The van der Waals surface area contributed by atoms with Crippen LogP contribution in [-0.2, 0) is 5.60 Å². The molecule has 0 radical (unpaired) electrons. The summed E-state index contributed by atoms with van der Waals surface area (Å²) in [5.74, 6) is 1.33. The largest absolute Gasteiger partial charge is 0.497 e. The summed E-state index contributed by atoms with van der Waals surface area (Å²) in [5.41, 5.74) is -0.272. The Hall–Kier alpha value is -1.81. The molecule has 17 heavy (non-hydrogen) atoms. The summed E-state index contributed by atoms with van der Waals surface area (Å²) in [4.78, 5) is 7.10. The van der Waals surface area contributed by atoms with Crippen molar-refractivity contribution in [1.82, 2.24) is 9.97 Å². The zero-order chi connectivity index (χ0) is 12.3. The maximum atomic E-state index is 10.7. The van der Waals surface area contributed by atoms with Gasteiger partial charge in [0, 0.05) is 12.4 Å². The molecule has 0 bridgehead atoms. The minimum Gasteiger partial charge on any atom is -0.497 e. The van der Waals surface area contributed by atoms with Crippen molar-refractivity contribution in [3.8, 4) is 5.75 Å². The lowest BCUT2D eigenvalue weighted by atomic mass is 9.90. The quantitative estimate of drug-likeness (QED) is 0.848. The molecule has 1 atom stereocenters. The van der Waals surface area contributed by atoms with Gasteiger partial charge in [-0.05, 0) is 24.1 Å². The van der Waals surface area contributed by atoms with Crippen LogP contribution >= 0.6 is 0 Å². The molecule has 4 heteroatoms. The van der Waals surface area contributed by atoms with E-state index < -0.39 is 5.60 Å². The Morgan fingerprint density at radius 2 is 2.06 bits per heavy atom. The van der Waals surface area contributed by atoms with Gasteiger partial charge in [0.05, 0.1) is 7.11 Å². The van der Waals surface area contributed by atoms with Crippen molar-refractivity contribution >= 4 is 0 Å². The van der Waals surface area contributed by atoms with Gasteiger partial charge in [0.2, 0.25) is 0 Å². The number of benzene rings is 1. The van der Waals surface area contributed by atoms with Crippen molar-refractivity contribution in [3.63, 3.8) is 0 Å². The second-order valence-electron chi connectivity index (χ2n) is 3.88. The molecule has 2 N–H and O–H groups in total. The van der Waals surface area contributed by atoms with Crippen LogP contribution in [-0.4, -0.2) is 22.2 Å². The monoisotopic (exact) mass is 232 g/mol. The number of hydrogen-bond acceptors (Lipinski definition) is 3. The third-order valence-electron chi connectivity index (χ3n) is 2.97. The van der Waals surface area contributed by atoms with Crippen LogP contribution in [0.1, 0.15) is 24.7 Å². The molecule has 0 aliphatic carbocycles. The van der Waals surface area contributed by atoms with Gasteiger partial charge in [-0.3, -0.25) is 0 Å². The molecule has 0 saturated carbocycles. The fourth-order valence-electron chi connectivity index (χ4n) is 1.87. The second kappa shape index (κ2) is 4.59. The smallest absolute Gasteiger partial charge is 0.147 e. The number of aliphatic hydroxyl groups is 1. The number of imidazole rings is 1. The summed E-state index contributed by atoms with van der Waals surface area (Å²) in [6.07, 6.45) is 3.89. The second-order valence-corrected chi connectivity index (χ2v) is 3.88. The Labute approximate surface area is 100 Å². The van der Waals surface area contributed by atoms with Gasteiger partial charge < -0.3 is 14.8 Å². The number of nitrogens with one attached hydrogen (secondary N) is 1. The third kappa shape index (κ3) is 2.03. The van der Waals surface area contributed by atoms with E-state index in [2.05, 4.69) is 9.97 Å². The van der Waals surface area contributed by atoms with Gasteiger partial charge >= 0.3 is 0 Å². The highest BCUT2D eigenvalue weighted by Gasteiger charge is 2.31. The first-order valence-corrected chi connectivity index (χ1v) is 5.57. The van der Waals surface area contributed by atoms with Gasteiger partial charge in [-0.2, -0.15) is 0 Å². The van der Waals surface area contributed by atoms with E-state index in [0.29, 0.717) is 12.2 Å². The van der Waals surface area contributed by atoms with Crippen molar-refractivity contribution in [2.45, 2.75) is 18.9 Å². The third-order valence-corrected chi connectivity index (χ3v) is 2.97. The number of methoxy groups -OCH3 is 1. The van der Waals surface area contributed by atoms with Gasteiger partial charge in [0.1, 0.15) is 17.2 Å². The molecule has 0 aliphatic rings. The Kier molecular flexibility index (Phi) is 3.15. The molecule has 0 spiro atoms. The lowest BCUT2D eigenvalue weighted by molar-refractivity contribution is 0.0678. The Morgan fingerprint density at radius 3 is 2.53 bits per heavy atom. The number of aromatic nitrogens is 2. The van der Waals surface area contributed by atoms with Gasteiger partial charge in [-0.1, -0.05) is 19.1 Å². The molecule has 1 aromatic heterocycles. The average molecular weight is 232 g/mol. The minimum absolute atomic E-state index is 0.548. The highest BCUT2D eigenvalue weighted by atomic mass is 16.5. The number of nitrogens with zero attached hydrogens (tertiary/aromatic N) is 1.